The number of benzene rings is 1. The number of carbonyl (C=O) groups excluding carboxylic acids is 1. The van der Waals surface area contributed by atoms with Gasteiger partial charge in [0.2, 0.25) is 0 Å². The molecule has 0 unspecified atom stereocenters. The van der Waals surface area contributed by atoms with Crippen LogP contribution in [0.25, 0.3) is 0 Å². The molecule has 1 N–H and O–H groups in total. The van der Waals surface area contributed by atoms with E-state index in [1.807, 2.05) is 0 Å². The molecule has 1 aliphatic heterocycles. The van der Waals surface area contributed by atoms with Crippen LogP contribution >= 0.6 is 11.6 Å². The third kappa shape index (κ3) is 3.85. The van der Waals surface area contributed by atoms with Gasteiger partial charge in [0.25, 0.3) is 5.91 Å². The highest BCUT2D eigenvalue weighted by Gasteiger charge is 2.26. The number of aliphatic hydroxyl groups excluding tert-OH is 1. The van der Waals surface area contributed by atoms with Crippen LogP contribution in [0.1, 0.15) is 19.8 Å². The maximum absolute atomic E-state index is 12.2. The van der Waals surface area contributed by atoms with E-state index >= 15 is 0 Å². The number of rotatable bonds is 3. The van der Waals surface area contributed by atoms with Crippen molar-refractivity contribution in [2.75, 3.05) is 13.1 Å². The van der Waals surface area contributed by atoms with Gasteiger partial charge in [0.05, 0.1) is 6.10 Å². The summed E-state index contributed by atoms with van der Waals surface area (Å²) in [4.78, 5) is 13.8. The van der Waals surface area contributed by atoms with Gasteiger partial charge in [-0.1, -0.05) is 17.7 Å². The van der Waals surface area contributed by atoms with Gasteiger partial charge in [-0.15, -0.1) is 0 Å². The van der Waals surface area contributed by atoms with Crippen LogP contribution in [0.5, 0.6) is 5.75 Å². The summed E-state index contributed by atoms with van der Waals surface area (Å²) >= 11 is 5.87. The summed E-state index contributed by atoms with van der Waals surface area (Å²) in [5.74, 6) is 0.477. The molecule has 1 amide bonds. The number of carbonyl (C=O) groups is 1. The first kappa shape index (κ1) is 14.2. The predicted octanol–water partition coefficient (Wildman–Crippen LogP) is 2.09. The first-order chi connectivity index (χ1) is 9.06. The topological polar surface area (TPSA) is 49.8 Å². The number of piperidine rings is 1. The Labute approximate surface area is 117 Å². The van der Waals surface area contributed by atoms with Gasteiger partial charge in [0, 0.05) is 18.1 Å². The van der Waals surface area contributed by atoms with Gasteiger partial charge in [0.15, 0.2) is 6.10 Å². The summed E-state index contributed by atoms with van der Waals surface area (Å²) in [6.07, 6.45) is 0.587. The van der Waals surface area contributed by atoms with Crippen LogP contribution in [-0.2, 0) is 4.79 Å². The smallest absolute Gasteiger partial charge is 0.263 e. The van der Waals surface area contributed by atoms with Crippen LogP contribution in [0, 0.1) is 0 Å². The third-order valence-electron chi connectivity index (χ3n) is 3.16. The van der Waals surface area contributed by atoms with Crippen LogP contribution in [0.3, 0.4) is 0 Å². The number of halogens is 1. The van der Waals surface area contributed by atoms with Crippen molar-refractivity contribution in [3.05, 3.63) is 29.3 Å². The van der Waals surface area contributed by atoms with Crippen molar-refractivity contribution in [2.24, 2.45) is 0 Å². The summed E-state index contributed by atoms with van der Waals surface area (Å²) in [6, 6.07) is 6.97. The number of hydrogen-bond donors (Lipinski definition) is 1. The molecule has 19 heavy (non-hydrogen) atoms. The molecular formula is C14H18ClNO3. The van der Waals surface area contributed by atoms with Crippen molar-refractivity contribution in [2.45, 2.75) is 32.0 Å². The number of amides is 1. The Hall–Kier alpha value is -1.26. The average molecular weight is 284 g/mol. The van der Waals surface area contributed by atoms with Gasteiger partial charge in [-0.05, 0) is 38.0 Å². The van der Waals surface area contributed by atoms with Crippen molar-refractivity contribution < 1.29 is 14.6 Å². The quantitative estimate of drug-likeness (QED) is 0.924. The summed E-state index contributed by atoms with van der Waals surface area (Å²) in [5, 5.41) is 10.2. The fourth-order valence-electron chi connectivity index (χ4n) is 2.21. The molecule has 104 valence electrons. The van der Waals surface area contributed by atoms with Crippen LogP contribution in [-0.4, -0.2) is 41.2 Å². The van der Waals surface area contributed by atoms with Crippen molar-refractivity contribution in [3.8, 4) is 5.75 Å². The molecule has 2 rings (SSSR count). The molecule has 1 saturated heterocycles. The Kier molecular flexibility index (Phi) is 4.66. The van der Waals surface area contributed by atoms with Crippen molar-refractivity contribution in [1.29, 1.82) is 0 Å². The molecule has 0 bridgehead atoms. The van der Waals surface area contributed by atoms with E-state index in [0.29, 0.717) is 23.9 Å². The second kappa shape index (κ2) is 6.26. The van der Waals surface area contributed by atoms with Gasteiger partial charge in [-0.25, -0.2) is 0 Å². The van der Waals surface area contributed by atoms with Crippen molar-refractivity contribution in [3.63, 3.8) is 0 Å². The van der Waals surface area contributed by atoms with E-state index in [1.165, 1.54) is 0 Å². The van der Waals surface area contributed by atoms with Crippen LogP contribution in [0.2, 0.25) is 5.02 Å². The normalized spacial score (nSPS) is 21.0. The van der Waals surface area contributed by atoms with E-state index in [4.69, 9.17) is 16.3 Å². The Morgan fingerprint density at radius 2 is 2.37 bits per heavy atom. The molecule has 4 nitrogen and oxygen atoms in total. The van der Waals surface area contributed by atoms with Gasteiger partial charge in [0.1, 0.15) is 5.75 Å². The fraction of sp³-hybridized carbons (Fsp3) is 0.500. The lowest BCUT2D eigenvalue weighted by Gasteiger charge is -2.32. The molecule has 2 atom stereocenters. The van der Waals surface area contributed by atoms with Gasteiger partial charge < -0.3 is 14.7 Å². The summed E-state index contributed by atoms with van der Waals surface area (Å²) in [5.41, 5.74) is 0. The first-order valence-corrected chi connectivity index (χ1v) is 6.83. The van der Waals surface area contributed by atoms with E-state index in [2.05, 4.69) is 0 Å². The van der Waals surface area contributed by atoms with E-state index in [0.717, 1.165) is 12.8 Å². The maximum atomic E-state index is 12.2. The molecule has 1 aromatic carbocycles. The van der Waals surface area contributed by atoms with E-state index in [1.54, 1.807) is 36.1 Å². The molecule has 0 aliphatic carbocycles. The highest BCUT2D eigenvalue weighted by atomic mass is 35.5. The standard InChI is InChI=1S/C14H18ClNO3/c1-10(19-13-6-2-4-11(15)8-13)14(18)16-7-3-5-12(17)9-16/h2,4,6,8,10,12,17H,3,5,7,9H2,1H3/t10-,12+/m1/s1. The number of aliphatic hydroxyl groups is 1. The zero-order chi connectivity index (χ0) is 13.8. The van der Waals surface area contributed by atoms with Crippen LogP contribution in [0.15, 0.2) is 24.3 Å². The molecular weight excluding hydrogens is 266 g/mol. The van der Waals surface area contributed by atoms with Crippen LogP contribution in [0.4, 0.5) is 0 Å². The Morgan fingerprint density at radius 1 is 1.58 bits per heavy atom. The minimum absolute atomic E-state index is 0.0984. The van der Waals surface area contributed by atoms with Gasteiger partial charge >= 0.3 is 0 Å². The highest BCUT2D eigenvalue weighted by Crippen LogP contribution is 2.19. The number of nitrogens with zero attached hydrogens (tertiary/aromatic N) is 1. The Balaban J connectivity index is 1.95. The lowest BCUT2D eigenvalue weighted by atomic mass is 10.1. The highest BCUT2D eigenvalue weighted by molar-refractivity contribution is 6.30. The number of ether oxygens (including phenoxy) is 1. The molecule has 1 aromatic rings. The van der Waals surface area contributed by atoms with Gasteiger partial charge in [-0.3, -0.25) is 4.79 Å². The summed E-state index contributed by atoms with van der Waals surface area (Å²) in [7, 11) is 0. The second-order valence-corrected chi connectivity index (χ2v) is 5.23. The molecule has 0 spiro atoms. The molecule has 1 aliphatic rings. The molecule has 0 saturated carbocycles. The molecule has 0 aromatic heterocycles. The van der Waals surface area contributed by atoms with Crippen molar-refractivity contribution >= 4 is 17.5 Å². The Bertz CT molecular complexity index is 452. The zero-order valence-electron chi connectivity index (χ0n) is 10.9. The number of likely N-dealkylation sites (tertiary alicyclic amines) is 1. The minimum Gasteiger partial charge on any atom is -0.481 e. The van der Waals surface area contributed by atoms with E-state index < -0.39 is 12.2 Å². The second-order valence-electron chi connectivity index (χ2n) is 4.80. The third-order valence-corrected chi connectivity index (χ3v) is 3.40. The summed E-state index contributed by atoms with van der Waals surface area (Å²) < 4.78 is 5.59. The van der Waals surface area contributed by atoms with Crippen molar-refractivity contribution in [1.82, 2.24) is 4.90 Å². The average Bonchev–Trinajstić information content (AvgIpc) is 2.38. The minimum atomic E-state index is -0.580. The number of hydrogen-bond acceptors (Lipinski definition) is 3. The molecule has 1 fully saturated rings. The molecule has 5 heteroatoms. The predicted molar refractivity (Wildman–Crippen MR) is 73.4 cm³/mol. The summed E-state index contributed by atoms with van der Waals surface area (Å²) in [6.45, 7) is 2.78. The van der Waals surface area contributed by atoms with Gasteiger partial charge in [-0.2, -0.15) is 0 Å². The lowest BCUT2D eigenvalue weighted by Crippen LogP contribution is -2.47. The first-order valence-electron chi connectivity index (χ1n) is 6.45. The Morgan fingerprint density at radius 3 is 3.05 bits per heavy atom. The largest absolute Gasteiger partial charge is 0.481 e. The number of β-amino-alcohol motifs (C(OH)–C–C–N with tert-alkyl or cyclic N) is 1. The van der Waals surface area contributed by atoms with E-state index in [-0.39, 0.29) is 5.91 Å². The monoisotopic (exact) mass is 283 g/mol. The zero-order valence-corrected chi connectivity index (χ0v) is 11.6. The molecule has 1 heterocycles. The van der Waals surface area contributed by atoms with E-state index in [9.17, 15) is 9.90 Å². The maximum Gasteiger partial charge on any atom is 0.263 e. The molecule has 0 radical (unpaired) electrons. The fourth-order valence-corrected chi connectivity index (χ4v) is 2.39. The lowest BCUT2D eigenvalue weighted by molar-refractivity contribution is -0.141. The SMILES string of the molecule is C[C@@H](Oc1cccc(Cl)c1)C(=O)N1CCC[C@H](O)C1. The van der Waals surface area contributed by atoms with Crippen LogP contribution < -0.4 is 4.74 Å².